The van der Waals surface area contributed by atoms with Crippen molar-refractivity contribution in [3.05, 3.63) is 224 Å². The van der Waals surface area contributed by atoms with Gasteiger partial charge in [-0.25, -0.2) is 0 Å². The Morgan fingerprint density at radius 2 is 0.879 bits per heavy atom. The fourth-order valence-electron chi connectivity index (χ4n) is 7.96. The Morgan fingerprint density at radius 1 is 0.345 bits per heavy atom. The zero-order valence-electron chi connectivity index (χ0n) is 39.1. The van der Waals surface area contributed by atoms with E-state index in [0.717, 1.165) is 49.0 Å². The molecular formula is C56H37NO. The molecule has 10 aromatic carbocycles. The van der Waals surface area contributed by atoms with Gasteiger partial charge in [-0.15, -0.1) is 0 Å². The highest BCUT2D eigenvalue weighted by Crippen LogP contribution is 2.44. The van der Waals surface area contributed by atoms with Crippen molar-refractivity contribution in [2.45, 2.75) is 0 Å². The van der Waals surface area contributed by atoms with Crippen LogP contribution in [0.3, 0.4) is 0 Å². The molecule has 0 aliphatic carbocycles. The molecule has 272 valence electrons. The van der Waals surface area contributed by atoms with Gasteiger partial charge in [0, 0.05) is 33.1 Å². The Labute approximate surface area is 348 Å². The number of hydrogen-bond donors (Lipinski definition) is 0. The molecular weight excluding hydrogens is 703 g/mol. The summed E-state index contributed by atoms with van der Waals surface area (Å²) in [6.07, 6.45) is 0. The highest BCUT2D eigenvalue weighted by atomic mass is 16.3. The van der Waals surface area contributed by atoms with Gasteiger partial charge in [-0.05, 0) is 104 Å². The van der Waals surface area contributed by atoms with E-state index in [1.165, 1.54) is 4.90 Å². The van der Waals surface area contributed by atoms with Gasteiger partial charge < -0.3 is 9.32 Å². The van der Waals surface area contributed by atoms with E-state index in [0.29, 0.717) is 33.5 Å². The molecule has 2 nitrogen and oxygen atoms in total. The highest BCUT2D eigenvalue weighted by molar-refractivity contribution is 6.15. The number of hydrogen-bond acceptors (Lipinski definition) is 2. The summed E-state index contributed by atoms with van der Waals surface area (Å²) in [6, 6.07) is 52.5. The van der Waals surface area contributed by atoms with Gasteiger partial charge in [-0.1, -0.05) is 176 Å². The van der Waals surface area contributed by atoms with Crippen LogP contribution in [0.25, 0.3) is 88.0 Å². The first-order chi connectivity index (χ1) is 32.1. The lowest BCUT2D eigenvalue weighted by molar-refractivity contribution is 0.673. The number of para-hydroxylation sites is 1. The first-order valence-electron chi connectivity index (χ1n) is 23.2. The normalized spacial score (nSPS) is 13.4. The summed E-state index contributed by atoms with van der Waals surface area (Å²) in [7, 11) is 0. The van der Waals surface area contributed by atoms with Crippen LogP contribution in [0.2, 0.25) is 0 Å². The van der Waals surface area contributed by atoms with Gasteiger partial charge in [0.1, 0.15) is 11.2 Å². The summed E-state index contributed by atoms with van der Waals surface area (Å²) in [5.41, 5.74) is 5.63. The molecule has 0 spiro atoms. The quantitative estimate of drug-likeness (QED) is 0.161. The van der Waals surface area contributed by atoms with Crippen molar-refractivity contribution in [1.82, 2.24) is 0 Å². The maximum Gasteiger partial charge on any atom is 0.143 e. The van der Waals surface area contributed by atoms with E-state index in [1.807, 2.05) is 140 Å². The number of rotatable bonds is 7. The average Bonchev–Trinajstić information content (AvgIpc) is 3.74. The van der Waals surface area contributed by atoms with Crippen LogP contribution in [-0.4, -0.2) is 0 Å². The zero-order chi connectivity index (χ0) is 45.4. The van der Waals surface area contributed by atoms with E-state index in [-0.39, 0.29) is 46.7 Å². The Balaban J connectivity index is 1.15. The van der Waals surface area contributed by atoms with Crippen LogP contribution >= 0.6 is 0 Å². The van der Waals surface area contributed by atoms with Gasteiger partial charge in [0.05, 0.1) is 16.7 Å². The maximum absolute atomic E-state index is 9.72. The lowest BCUT2D eigenvalue weighted by atomic mass is 9.97. The topological polar surface area (TPSA) is 16.4 Å². The van der Waals surface area contributed by atoms with E-state index in [2.05, 4.69) is 6.07 Å². The Kier molecular flexibility index (Phi) is 6.38. The molecule has 0 saturated carbocycles. The smallest absolute Gasteiger partial charge is 0.143 e. The third-order valence-electron chi connectivity index (χ3n) is 10.8. The second-order valence-corrected chi connectivity index (χ2v) is 14.2. The van der Waals surface area contributed by atoms with Crippen molar-refractivity contribution in [2.75, 3.05) is 4.90 Å². The minimum absolute atomic E-state index is 0.0929. The molecule has 0 saturated heterocycles. The van der Waals surface area contributed by atoms with Crippen LogP contribution < -0.4 is 4.90 Å². The van der Waals surface area contributed by atoms with Crippen molar-refractivity contribution in [3.63, 3.8) is 0 Å². The average molecular weight is 748 g/mol. The standard InChI is InChI=1S/C56H37NO/c1-2-11-38(12-3-1)39-21-23-40(24-22-39)41-25-31-46(32-26-41)57(47-33-27-44(28-34-47)49-19-10-15-42-13-4-6-16-48(42)49)54-20-9-8-17-50(54)45-30-35-52-53-36-29-43-14-5-7-18-51(43)56(53)58-55(52)37-45/h1-37H/i25D,26D,27D,28D,31D,32D,33D,34D. The second-order valence-electron chi connectivity index (χ2n) is 14.2. The molecule has 0 aliphatic rings. The third kappa shape index (κ3) is 5.91. The molecule has 11 aromatic rings. The summed E-state index contributed by atoms with van der Waals surface area (Å²) < 4.78 is 83.5. The summed E-state index contributed by atoms with van der Waals surface area (Å²) in [5, 5.41) is 5.53. The second kappa shape index (κ2) is 14.1. The fourth-order valence-corrected chi connectivity index (χ4v) is 7.96. The first kappa shape index (κ1) is 26.2. The molecule has 0 aliphatic heterocycles. The molecule has 2 heteroatoms. The fraction of sp³-hybridized carbons (Fsp3) is 0. The predicted octanol–water partition coefficient (Wildman–Crippen LogP) is 16.0. The van der Waals surface area contributed by atoms with E-state index < -0.39 is 24.2 Å². The van der Waals surface area contributed by atoms with Gasteiger partial charge in [0.25, 0.3) is 0 Å². The van der Waals surface area contributed by atoms with E-state index in [9.17, 15) is 11.0 Å². The predicted molar refractivity (Wildman–Crippen MR) is 245 cm³/mol. The minimum Gasteiger partial charge on any atom is -0.455 e. The Bertz CT molecular complexity index is 3690. The molecule has 0 fully saturated rings. The Hall–Kier alpha value is -7.68. The summed E-state index contributed by atoms with van der Waals surface area (Å²) in [5.74, 6) is 0. The Morgan fingerprint density at radius 3 is 1.64 bits per heavy atom. The molecule has 0 bridgehead atoms. The van der Waals surface area contributed by atoms with Crippen molar-refractivity contribution >= 4 is 60.5 Å². The molecule has 0 unspecified atom stereocenters. The lowest BCUT2D eigenvalue weighted by Crippen LogP contribution is -2.11. The van der Waals surface area contributed by atoms with Crippen LogP contribution in [0.15, 0.2) is 229 Å². The van der Waals surface area contributed by atoms with Gasteiger partial charge >= 0.3 is 0 Å². The number of nitrogens with zero attached hydrogens (tertiary/aromatic N) is 1. The van der Waals surface area contributed by atoms with Crippen LogP contribution in [0.5, 0.6) is 0 Å². The molecule has 0 atom stereocenters. The SMILES string of the molecule is [2H]c1c([2H])c(N(c2ccccc2-c2ccc3c(c2)oc2c4ccccc4ccc32)c2c([2H])c([2H])c(-c3cccc4ccccc34)c([2H])c2[2H])c([2H])c([2H])c1-c1ccc(-c2ccccc2)cc1. The highest BCUT2D eigenvalue weighted by Gasteiger charge is 2.19. The molecule has 1 aromatic heterocycles. The van der Waals surface area contributed by atoms with Crippen LogP contribution in [-0.2, 0) is 0 Å². The molecule has 0 amide bonds. The number of fused-ring (bicyclic) bond motifs is 6. The van der Waals surface area contributed by atoms with E-state index >= 15 is 0 Å². The van der Waals surface area contributed by atoms with Crippen molar-refractivity contribution in [1.29, 1.82) is 0 Å². The minimum atomic E-state index is -0.414. The summed E-state index contributed by atoms with van der Waals surface area (Å²) >= 11 is 0. The van der Waals surface area contributed by atoms with Crippen LogP contribution in [0.1, 0.15) is 11.0 Å². The third-order valence-corrected chi connectivity index (χ3v) is 10.8. The van der Waals surface area contributed by atoms with Crippen molar-refractivity contribution in [2.24, 2.45) is 0 Å². The molecule has 58 heavy (non-hydrogen) atoms. The first-order valence-corrected chi connectivity index (χ1v) is 19.2. The maximum atomic E-state index is 9.72. The van der Waals surface area contributed by atoms with Gasteiger partial charge in [-0.2, -0.15) is 0 Å². The van der Waals surface area contributed by atoms with Crippen molar-refractivity contribution in [3.8, 4) is 44.5 Å². The molecule has 11 rings (SSSR count). The van der Waals surface area contributed by atoms with E-state index in [1.54, 1.807) is 30.3 Å². The van der Waals surface area contributed by atoms with Gasteiger partial charge in [0.15, 0.2) is 0 Å². The summed E-state index contributed by atoms with van der Waals surface area (Å²) in [6.45, 7) is 0. The van der Waals surface area contributed by atoms with Crippen molar-refractivity contribution < 1.29 is 15.4 Å². The molecule has 0 N–H and O–H groups in total. The number of furan rings is 1. The number of anilines is 3. The van der Waals surface area contributed by atoms with Crippen LogP contribution in [0, 0.1) is 0 Å². The van der Waals surface area contributed by atoms with Gasteiger partial charge in [0.2, 0.25) is 0 Å². The molecule has 1 heterocycles. The number of benzene rings is 10. The summed E-state index contributed by atoms with van der Waals surface area (Å²) in [4.78, 5) is 1.38. The van der Waals surface area contributed by atoms with E-state index in [4.69, 9.17) is 4.42 Å². The lowest BCUT2D eigenvalue weighted by Gasteiger charge is -2.28. The molecule has 0 radical (unpaired) electrons. The zero-order valence-corrected chi connectivity index (χ0v) is 31.1. The van der Waals surface area contributed by atoms with Gasteiger partial charge in [-0.3, -0.25) is 0 Å². The van der Waals surface area contributed by atoms with Crippen LogP contribution in [0.4, 0.5) is 17.1 Å². The largest absolute Gasteiger partial charge is 0.455 e. The monoisotopic (exact) mass is 747 g/mol.